The molecule has 68 valence electrons. The van der Waals surface area contributed by atoms with E-state index in [2.05, 4.69) is 10.1 Å². The molecule has 0 atom stereocenters. The Kier molecular flexibility index (Phi) is 2.02. The van der Waals surface area contributed by atoms with Crippen molar-refractivity contribution in [2.24, 2.45) is 0 Å². The fourth-order valence-corrected chi connectivity index (χ4v) is 1.75. The third kappa shape index (κ3) is 1.70. The van der Waals surface area contributed by atoms with Crippen LogP contribution in [0.25, 0.3) is 0 Å². The van der Waals surface area contributed by atoms with Crippen LogP contribution in [-0.4, -0.2) is 14.8 Å². The summed E-state index contributed by atoms with van der Waals surface area (Å²) in [5, 5.41) is 7.15. The number of nitrogen functional groups attached to an aromatic ring is 1. The fraction of sp³-hybridized carbons (Fsp3) is 0.250. The molecule has 0 bridgehead atoms. The third-order valence-electron chi connectivity index (χ3n) is 1.77. The van der Waals surface area contributed by atoms with E-state index in [4.69, 9.17) is 5.73 Å². The lowest BCUT2D eigenvalue weighted by Gasteiger charge is -1.99. The number of aryl methyl sites for hydroxylation is 1. The Morgan fingerprint density at radius 1 is 1.62 bits per heavy atom. The molecule has 0 saturated carbocycles. The molecule has 0 radical (unpaired) electrons. The van der Waals surface area contributed by atoms with Crippen molar-refractivity contribution in [2.75, 3.05) is 5.73 Å². The van der Waals surface area contributed by atoms with E-state index in [0.29, 0.717) is 12.4 Å². The van der Waals surface area contributed by atoms with E-state index < -0.39 is 0 Å². The Bertz CT molecular complexity index is 390. The molecule has 0 amide bonds. The first-order chi connectivity index (χ1) is 6.25. The summed E-state index contributed by atoms with van der Waals surface area (Å²) in [6, 6.07) is 1.85. The van der Waals surface area contributed by atoms with Gasteiger partial charge in [-0.15, -0.1) is 11.3 Å². The zero-order valence-corrected chi connectivity index (χ0v) is 8.08. The highest BCUT2D eigenvalue weighted by atomic mass is 32.1. The van der Waals surface area contributed by atoms with Gasteiger partial charge in [0.05, 0.1) is 6.54 Å². The zero-order chi connectivity index (χ0) is 9.26. The van der Waals surface area contributed by atoms with Crippen molar-refractivity contribution in [3.63, 3.8) is 0 Å². The molecule has 2 aromatic heterocycles. The van der Waals surface area contributed by atoms with Gasteiger partial charge in [0.1, 0.15) is 10.8 Å². The summed E-state index contributed by atoms with van der Waals surface area (Å²) in [6.45, 7) is 2.69. The lowest BCUT2D eigenvalue weighted by Crippen LogP contribution is -2.03. The van der Waals surface area contributed by atoms with Gasteiger partial charge in [-0.1, -0.05) is 0 Å². The maximum Gasteiger partial charge on any atom is 0.145 e. The van der Waals surface area contributed by atoms with Crippen LogP contribution in [0.15, 0.2) is 17.6 Å². The first kappa shape index (κ1) is 8.25. The van der Waals surface area contributed by atoms with Gasteiger partial charge in [0.2, 0.25) is 0 Å². The Labute approximate surface area is 80.0 Å². The fourth-order valence-electron chi connectivity index (χ4n) is 1.15. The Morgan fingerprint density at radius 3 is 3.00 bits per heavy atom. The van der Waals surface area contributed by atoms with Crippen LogP contribution in [0.2, 0.25) is 0 Å². The summed E-state index contributed by atoms with van der Waals surface area (Å²) in [5.74, 6) is 0.564. The van der Waals surface area contributed by atoms with Crippen molar-refractivity contribution >= 4 is 17.2 Å². The average Bonchev–Trinajstić information content (AvgIpc) is 2.63. The van der Waals surface area contributed by atoms with Gasteiger partial charge in [0, 0.05) is 23.3 Å². The predicted molar refractivity (Wildman–Crippen MR) is 52.6 cm³/mol. The summed E-state index contributed by atoms with van der Waals surface area (Å²) in [4.78, 5) is 4.18. The van der Waals surface area contributed by atoms with Gasteiger partial charge in [-0.25, -0.2) is 4.98 Å². The van der Waals surface area contributed by atoms with Crippen molar-refractivity contribution in [2.45, 2.75) is 13.5 Å². The van der Waals surface area contributed by atoms with E-state index in [1.54, 1.807) is 17.5 Å². The molecule has 0 aliphatic heterocycles. The van der Waals surface area contributed by atoms with Crippen molar-refractivity contribution in [1.29, 1.82) is 0 Å². The number of hydrogen-bond donors (Lipinski definition) is 1. The number of nitrogens with two attached hydrogens (primary N) is 1. The number of rotatable bonds is 2. The highest BCUT2D eigenvalue weighted by Crippen LogP contribution is 2.10. The zero-order valence-electron chi connectivity index (χ0n) is 7.27. The molecule has 5 heteroatoms. The number of hydrogen-bond acceptors (Lipinski definition) is 4. The van der Waals surface area contributed by atoms with Gasteiger partial charge >= 0.3 is 0 Å². The maximum absolute atomic E-state index is 5.56. The smallest absolute Gasteiger partial charge is 0.145 e. The highest BCUT2D eigenvalue weighted by Gasteiger charge is 2.03. The Hall–Kier alpha value is -1.36. The summed E-state index contributed by atoms with van der Waals surface area (Å²) >= 11 is 1.62. The average molecular weight is 194 g/mol. The molecule has 0 saturated heterocycles. The molecule has 4 nitrogen and oxygen atoms in total. The van der Waals surface area contributed by atoms with Crippen LogP contribution < -0.4 is 5.73 Å². The van der Waals surface area contributed by atoms with Crippen LogP contribution >= 0.6 is 11.3 Å². The molecule has 2 aromatic rings. The molecule has 0 aliphatic carbocycles. The SMILES string of the molecule is Cc1cc(N)nn1Cc1nccs1. The van der Waals surface area contributed by atoms with Crippen LogP contribution in [0.4, 0.5) is 5.82 Å². The number of nitrogens with zero attached hydrogens (tertiary/aromatic N) is 3. The molecule has 0 spiro atoms. The molecule has 0 fully saturated rings. The second-order valence-corrected chi connectivity index (χ2v) is 3.77. The topological polar surface area (TPSA) is 56.7 Å². The summed E-state index contributed by atoms with van der Waals surface area (Å²) in [6.07, 6.45) is 1.79. The monoisotopic (exact) mass is 194 g/mol. The summed E-state index contributed by atoms with van der Waals surface area (Å²) < 4.78 is 1.86. The van der Waals surface area contributed by atoms with Crippen LogP contribution in [-0.2, 0) is 6.54 Å². The normalized spacial score (nSPS) is 10.5. The van der Waals surface area contributed by atoms with E-state index in [1.807, 2.05) is 23.1 Å². The number of anilines is 1. The summed E-state index contributed by atoms with van der Waals surface area (Å²) in [5.41, 5.74) is 6.62. The second-order valence-electron chi connectivity index (χ2n) is 2.79. The van der Waals surface area contributed by atoms with Crippen LogP contribution in [0.5, 0.6) is 0 Å². The largest absolute Gasteiger partial charge is 0.382 e. The summed E-state index contributed by atoms with van der Waals surface area (Å²) in [7, 11) is 0. The molecular weight excluding hydrogens is 184 g/mol. The van der Waals surface area contributed by atoms with E-state index in [0.717, 1.165) is 10.7 Å². The van der Waals surface area contributed by atoms with Crippen molar-refractivity contribution in [3.8, 4) is 0 Å². The third-order valence-corrected chi connectivity index (χ3v) is 2.53. The molecule has 2 rings (SSSR count). The maximum atomic E-state index is 5.56. The molecule has 13 heavy (non-hydrogen) atoms. The highest BCUT2D eigenvalue weighted by molar-refractivity contribution is 7.09. The van der Waals surface area contributed by atoms with Crippen molar-refractivity contribution in [3.05, 3.63) is 28.3 Å². The minimum Gasteiger partial charge on any atom is -0.382 e. The lowest BCUT2D eigenvalue weighted by molar-refractivity contribution is 0.665. The van der Waals surface area contributed by atoms with Gasteiger partial charge in [-0.05, 0) is 6.92 Å². The number of thiazole rings is 1. The quantitative estimate of drug-likeness (QED) is 0.783. The molecule has 0 unspecified atom stereocenters. The van der Waals surface area contributed by atoms with Crippen LogP contribution in [0.1, 0.15) is 10.7 Å². The van der Waals surface area contributed by atoms with Crippen LogP contribution in [0, 0.1) is 6.92 Å². The van der Waals surface area contributed by atoms with E-state index >= 15 is 0 Å². The van der Waals surface area contributed by atoms with Crippen molar-refractivity contribution < 1.29 is 0 Å². The minimum atomic E-state index is 0.564. The minimum absolute atomic E-state index is 0.564. The van der Waals surface area contributed by atoms with Crippen molar-refractivity contribution in [1.82, 2.24) is 14.8 Å². The van der Waals surface area contributed by atoms with Gasteiger partial charge in [-0.2, -0.15) is 5.10 Å². The molecule has 0 aliphatic rings. The Balaban J connectivity index is 2.23. The van der Waals surface area contributed by atoms with Crippen LogP contribution in [0.3, 0.4) is 0 Å². The van der Waals surface area contributed by atoms with Gasteiger partial charge in [-0.3, -0.25) is 4.68 Å². The number of aromatic nitrogens is 3. The molecular formula is C8H10N4S. The van der Waals surface area contributed by atoms with Gasteiger partial charge in [0.15, 0.2) is 0 Å². The molecule has 2 heterocycles. The van der Waals surface area contributed by atoms with E-state index in [-0.39, 0.29) is 0 Å². The lowest BCUT2D eigenvalue weighted by atomic mass is 10.4. The first-order valence-electron chi connectivity index (χ1n) is 3.94. The Morgan fingerprint density at radius 2 is 2.46 bits per heavy atom. The molecule has 2 N–H and O–H groups in total. The van der Waals surface area contributed by atoms with Gasteiger partial charge in [0.25, 0.3) is 0 Å². The van der Waals surface area contributed by atoms with E-state index in [9.17, 15) is 0 Å². The standard InChI is InChI=1S/C8H10N4S/c1-6-4-7(9)11-12(6)5-8-10-2-3-13-8/h2-4H,5H2,1H3,(H2,9,11). The van der Waals surface area contributed by atoms with Gasteiger partial charge < -0.3 is 5.73 Å². The second kappa shape index (κ2) is 3.18. The predicted octanol–water partition coefficient (Wildman–Crippen LogP) is 1.28. The first-order valence-corrected chi connectivity index (χ1v) is 4.82. The molecule has 0 aromatic carbocycles. The van der Waals surface area contributed by atoms with E-state index in [1.165, 1.54) is 0 Å².